The van der Waals surface area contributed by atoms with Crippen molar-refractivity contribution in [3.05, 3.63) is 83.9 Å². The van der Waals surface area contributed by atoms with Gasteiger partial charge in [0.25, 0.3) is 11.8 Å². The van der Waals surface area contributed by atoms with Crippen LogP contribution in [0.25, 0.3) is 11.0 Å². The molecule has 8 heteroatoms. The second-order valence-electron chi connectivity index (χ2n) is 9.05. The van der Waals surface area contributed by atoms with Crippen LogP contribution < -0.4 is 15.4 Å². The van der Waals surface area contributed by atoms with Crippen LogP contribution in [-0.2, 0) is 17.8 Å². The third-order valence-corrected chi connectivity index (χ3v) is 6.75. The van der Waals surface area contributed by atoms with E-state index in [-0.39, 0.29) is 11.8 Å². The van der Waals surface area contributed by atoms with Crippen molar-refractivity contribution in [3.63, 3.8) is 0 Å². The fraction of sp³-hybridized carbons (Fsp3) is 0.276. The number of anilines is 2. The Labute approximate surface area is 216 Å². The largest absolute Gasteiger partial charge is 0.480 e. The maximum absolute atomic E-state index is 13.2. The van der Waals surface area contributed by atoms with E-state index in [4.69, 9.17) is 4.74 Å². The Bertz CT molecular complexity index is 1400. The first kappa shape index (κ1) is 24.5. The van der Waals surface area contributed by atoms with Crippen LogP contribution in [0.15, 0.2) is 72.8 Å². The van der Waals surface area contributed by atoms with Gasteiger partial charge in [-0.05, 0) is 55.1 Å². The Morgan fingerprint density at radius 2 is 1.78 bits per heavy atom. The number of nitrogens with zero attached hydrogens (tertiary/aromatic N) is 3. The van der Waals surface area contributed by atoms with Crippen LogP contribution in [0.1, 0.15) is 29.8 Å². The number of benzene rings is 3. The van der Waals surface area contributed by atoms with E-state index in [1.54, 1.807) is 24.3 Å². The average Bonchev–Trinajstić information content (AvgIpc) is 3.51. The Morgan fingerprint density at radius 3 is 2.59 bits per heavy atom. The number of carbonyl (C=O) groups excluding carboxylic acids is 2. The molecule has 0 saturated heterocycles. The van der Waals surface area contributed by atoms with Crippen LogP contribution >= 0.6 is 0 Å². The third-order valence-electron chi connectivity index (χ3n) is 6.75. The summed E-state index contributed by atoms with van der Waals surface area (Å²) in [4.78, 5) is 33.1. The number of carbonyl (C=O) groups is 2. The summed E-state index contributed by atoms with van der Waals surface area (Å²) in [5.74, 6) is 0.705. The van der Waals surface area contributed by atoms with Crippen molar-refractivity contribution in [2.24, 2.45) is 0 Å². The summed E-state index contributed by atoms with van der Waals surface area (Å²) in [5, 5.41) is 5.87. The molecule has 37 heavy (non-hydrogen) atoms. The van der Waals surface area contributed by atoms with Crippen molar-refractivity contribution >= 4 is 34.5 Å². The topological polar surface area (TPSA) is 88.5 Å². The Hall–Kier alpha value is -4.17. The van der Waals surface area contributed by atoms with Crippen molar-refractivity contribution in [2.75, 3.05) is 30.3 Å². The lowest BCUT2D eigenvalue weighted by Gasteiger charge is -2.19. The molecule has 5 rings (SSSR count). The van der Waals surface area contributed by atoms with E-state index in [1.165, 1.54) is 0 Å². The molecule has 4 aromatic rings. The molecule has 3 aromatic carbocycles. The van der Waals surface area contributed by atoms with Gasteiger partial charge in [-0.1, -0.05) is 50.2 Å². The van der Waals surface area contributed by atoms with E-state index in [1.807, 2.05) is 53.1 Å². The van der Waals surface area contributed by atoms with Gasteiger partial charge in [-0.3, -0.25) is 14.9 Å². The molecule has 1 aromatic heterocycles. The van der Waals surface area contributed by atoms with Crippen molar-refractivity contribution in [3.8, 4) is 5.75 Å². The second kappa shape index (κ2) is 10.8. The molecule has 0 bridgehead atoms. The van der Waals surface area contributed by atoms with Gasteiger partial charge in [0.05, 0.1) is 11.0 Å². The lowest BCUT2D eigenvalue weighted by Crippen LogP contribution is -2.31. The van der Waals surface area contributed by atoms with E-state index < -0.39 is 6.10 Å². The van der Waals surface area contributed by atoms with Crippen molar-refractivity contribution < 1.29 is 14.3 Å². The van der Waals surface area contributed by atoms with Gasteiger partial charge in [0, 0.05) is 30.8 Å². The van der Waals surface area contributed by atoms with Crippen LogP contribution in [0, 0.1) is 0 Å². The van der Waals surface area contributed by atoms with Gasteiger partial charge in [0.2, 0.25) is 5.95 Å². The summed E-state index contributed by atoms with van der Waals surface area (Å²) < 4.78 is 7.84. The first-order chi connectivity index (χ1) is 18.1. The highest BCUT2D eigenvalue weighted by Gasteiger charge is 2.29. The maximum atomic E-state index is 13.2. The minimum Gasteiger partial charge on any atom is -0.480 e. The van der Waals surface area contributed by atoms with E-state index >= 15 is 0 Å². The monoisotopic (exact) mass is 497 g/mol. The summed E-state index contributed by atoms with van der Waals surface area (Å²) in [5.41, 5.74) is 3.78. The molecule has 1 atom stereocenters. The molecular weight excluding hydrogens is 466 g/mol. The van der Waals surface area contributed by atoms with Gasteiger partial charge in [-0.15, -0.1) is 0 Å². The summed E-state index contributed by atoms with van der Waals surface area (Å²) >= 11 is 0. The Balaban J connectivity index is 1.30. The first-order valence-electron chi connectivity index (χ1n) is 12.7. The number of ether oxygens (including phenoxy) is 1. The van der Waals surface area contributed by atoms with Crippen molar-refractivity contribution in [1.82, 2.24) is 14.5 Å². The summed E-state index contributed by atoms with van der Waals surface area (Å²) in [6.07, 6.45) is -0.0769. The molecule has 1 aliphatic heterocycles. The molecule has 2 N–H and O–H groups in total. The highest BCUT2D eigenvalue weighted by atomic mass is 16.5. The maximum Gasteiger partial charge on any atom is 0.265 e. The normalized spacial score (nSPS) is 14.4. The van der Waals surface area contributed by atoms with Crippen LogP contribution in [-0.4, -0.2) is 52.0 Å². The number of para-hydroxylation sites is 3. The molecule has 190 valence electrons. The smallest absolute Gasteiger partial charge is 0.265 e. The van der Waals surface area contributed by atoms with Gasteiger partial charge in [-0.25, -0.2) is 4.98 Å². The van der Waals surface area contributed by atoms with E-state index in [0.717, 1.165) is 42.0 Å². The van der Waals surface area contributed by atoms with Gasteiger partial charge in [0.1, 0.15) is 5.75 Å². The summed E-state index contributed by atoms with van der Waals surface area (Å²) in [6, 6.07) is 22.4. The molecule has 0 spiro atoms. The zero-order valence-electron chi connectivity index (χ0n) is 21.1. The fourth-order valence-electron chi connectivity index (χ4n) is 4.64. The van der Waals surface area contributed by atoms with Gasteiger partial charge >= 0.3 is 0 Å². The minimum atomic E-state index is -0.597. The molecule has 0 saturated carbocycles. The van der Waals surface area contributed by atoms with Crippen molar-refractivity contribution in [2.45, 2.75) is 32.9 Å². The van der Waals surface area contributed by atoms with Gasteiger partial charge in [-0.2, -0.15) is 0 Å². The number of amides is 2. The van der Waals surface area contributed by atoms with Gasteiger partial charge in [0.15, 0.2) is 6.10 Å². The molecule has 0 fully saturated rings. The SMILES string of the molecule is CCN(CC)CCn1c(NC(=O)c2cccc(NC(=O)C3Cc4ccccc4O3)c2)nc2ccccc21. The number of nitrogens with one attached hydrogen (secondary N) is 2. The molecule has 8 nitrogen and oxygen atoms in total. The molecular formula is C29H31N5O3. The second-order valence-corrected chi connectivity index (χ2v) is 9.05. The zero-order chi connectivity index (χ0) is 25.8. The predicted molar refractivity (Wildman–Crippen MR) is 145 cm³/mol. The van der Waals surface area contributed by atoms with Gasteiger partial charge < -0.3 is 19.5 Å². The molecule has 1 aliphatic rings. The molecule has 0 radical (unpaired) electrons. The molecule has 2 amide bonds. The van der Waals surface area contributed by atoms with Crippen LogP contribution in [0.5, 0.6) is 5.75 Å². The molecule has 1 unspecified atom stereocenters. The Kier molecular flexibility index (Phi) is 7.18. The highest BCUT2D eigenvalue weighted by Crippen LogP contribution is 2.29. The molecule has 2 heterocycles. The number of fused-ring (bicyclic) bond motifs is 2. The number of imidazole rings is 1. The van der Waals surface area contributed by atoms with E-state index in [2.05, 4.69) is 34.4 Å². The minimum absolute atomic E-state index is 0.244. The van der Waals surface area contributed by atoms with E-state index in [9.17, 15) is 9.59 Å². The first-order valence-corrected chi connectivity index (χ1v) is 12.7. The fourth-order valence-corrected chi connectivity index (χ4v) is 4.64. The standard InChI is InChI=1S/C29H31N5O3/c1-3-33(4-2)16-17-34-24-14-7-6-13-23(24)31-29(34)32-27(35)21-11-9-12-22(18-21)30-28(36)26-19-20-10-5-8-15-25(20)37-26/h5-15,18,26H,3-4,16-17,19H2,1-2H3,(H,30,36)(H,31,32,35). The summed E-state index contributed by atoms with van der Waals surface area (Å²) in [7, 11) is 0. The highest BCUT2D eigenvalue weighted by molar-refractivity contribution is 6.05. The lowest BCUT2D eigenvalue weighted by molar-refractivity contribution is -0.122. The van der Waals surface area contributed by atoms with Crippen molar-refractivity contribution in [1.29, 1.82) is 0 Å². The average molecular weight is 498 g/mol. The van der Waals surface area contributed by atoms with Crippen LogP contribution in [0.2, 0.25) is 0 Å². The zero-order valence-corrected chi connectivity index (χ0v) is 21.1. The summed E-state index contributed by atoms with van der Waals surface area (Å²) in [6.45, 7) is 7.76. The van der Waals surface area contributed by atoms with Crippen LogP contribution in [0.4, 0.5) is 11.6 Å². The lowest BCUT2D eigenvalue weighted by atomic mass is 10.1. The Morgan fingerprint density at radius 1 is 1.00 bits per heavy atom. The predicted octanol–water partition coefficient (Wildman–Crippen LogP) is 4.57. The van der Waals surface area contributed by atoms with E-state index in [0.29, 0.717) is 30.2 Å². The number of aromatic nitrogens is 2. The quantitative estimate of drug-likeness (QED) is 0.354. The molecule has 0 aliphatic carbocycles. The number of hydrogen-bond acceptors (Lipinski definition) is 5. The number of likely N-dealkylation sites (N-methyl/N-ethyl adjacent to an activating group) is 1. The van der Waals surface area contributed by atoms with Crippen LogP contribution in [0.3, 0.4) is 0 Å². The number of rotatable bonds is 9. The third kappa shape index (κ3) is 5.34. The number of hydrogen-bond donors (Lipinski definition) is 2.